The molecule has 31 heavy (non-hydrogen) atoms. The number of rotatable bonds is 5. The molecule has 2 heterocycles. The van der Waals surface area contributed by atoms with Crippen LogP contribution in [0.25, 0.3) is 0 Å². The Morgan fingerprint density at radius 1 is 0.871 bits per heavy atom. The largest absolute Gasteiger partial charge is 0.342 e. The number of benzene rings is 2. The van der Waals surface area contributed by atoms with Crippen LogP contribution < -0.4 is 0 Å². The minimum Gasteiger partial charge on any atom is -0.342 e. The van der Waals surface area contributed by atoms with Crippen LogP contribution >= 0.6 is 11.6 Å². The van der Waals surface area contributed by atoms with Crippen molar-refractivity contribution in [1.29, 1.82) is 0 Å². The highest BCUT2D eigenvalue weighted by atomic mass is 35.5. The number of likely N-dealkylation sites (tertiary alicyclic amines) is 1. The van der Waals surface area contributed by atoms with Gasteiger partial charge in [0.15, 0.2) is 0 Å². The minimum atomic E-state index is -3.54. The molecule has 0 aliphatic carbocycles. The van der Waals surface area contributed by atoms with E-state index in [0.29, 0.717) is 36.9 Å². The first-order chi connectivity index (χ1) is 14.9. The fraction of sp³-hybridized carbons (Fsp3) is 0.458. The van der Waals surface area contributed by atoms with Crippen molar-refractivity contribution in [2.24, 2.45) is 11.8 Å². The summed E-state index contributed by atoms with van der Waals surface area (Å²) in [7, 11) is -3.54. The van der Waals surface area contributed by atoms with Crippen molar-refractivity contribution in [3.8, 4) is 0 Å². The van der Waals surface area contributed by atoms with Crippen LogP contribution in [0, 0.1) is 11.8 Å². The van der Waals surface area contributed by atoms with Crippen LogP contribution in [0.2, 0.25) is 5.02 Å². The maximum atomic E-state index is 13.0. The molecule has 0 bridgehead atoms. The van der Waals surface area contributed by atoms with Gasteiger partial charge < -0.3 is 4.90 Å². The molecule has 0 spiro atoms. The van der Waals surface area contributed by atoms with E-state index in [-0.39, 0.29) is 16.7 Å². The van der Waals surface area contributed by atoms with Gasteiger partial charge in [-0.1, -0.05) is 41.9 Å². The van der Waals surface area contributed by atoms with Gasteiger partial charge in [-0.3, -0.25) is 4.79 Å². The fourth-order valence-electron chi connectivity index (χ4n) is 4.66. The number of nitrogens with zero attached hydrogens (tertiary/aromatic N) is 2. The standard InChI is InChI=1S/C24H29ClN2O3S/c25-22-6-8-23(9-7-22)31(29,30)27-16-12-21(13-17-27)24(28)26-14-10-20(11-15-26)18-19-4-2-1-3-5-19/h1-9,20-21H,10-18H2. The topological polar surface area (TPSA) is 57.7 Å². The van der Waals surface area contributed by atoms with Gasteiger partial charge in [0.25, 0.3) is 0 Å². The lowest BCUT2D eigenvalue weighted by molar-refractivity contribution is -0.138. The first-order valence-electron chi connectivity index (χ1n) is 11.0. The molecule has 2 aliphatic heterocycles. The molecule has 2 aromatic carbocycles. The highest BCUT2D eigenvalue weighted by Crippen LogP contribution is 2.28. The second-order valence-corrected chi connectivity index (χ2v) is 11.0. The maximum Gasteiger partial charge on any atom is 0.243 e. The van der Waals surface area contributed by atoms with Gasteiger partial charge in [0.05, 0.1) is 4.90 Å². The van der Waals surface area contributed by atoms with Gasteiger partial charge in [-0.05, 0) is 67.9 Å². The van der Waals surface area contributed by atoms with Crippen LogP contribution in [0.1, 0.15) is 31.2 Å². The number of hydrogen-bond acceptors (Lipinski definition) is 3. The molecule has 0 unspecified atom stereocenters. The highest BCUT2D eigenvalue weighted by Gasteiger charge is 2.34. The molecule has 2 fully saturated rings. The summed E-state index contributed by atoms with van der Waals surface area (Å²) in [5.41, 5.74) is 1.36. The minimum absolute atomic E-state index is 0.0812. The molecule has 2 aliphatic rings. The van der Waals surface area contributed by atoms with Gasteiger partial charge in [0.1, 0.15) is 0 Å². The molecule has 0 aromatic heterocycles. The summed E-state index contributed by atoms with van der Waals surface area (Å²) >= 11 is 5.87. The van der Waals surface area contributed by atoms with E-state index in [0.717, 1.165) is 32.4 Å². The van der Waals surface area contributed by atoms with E-state index in [1.54, 1.807) is 12.1 Å². The number of hydrogen-bond donors (Lipinski definition) is 0. The van der Waals surface area contributed by atoms with E-state index in [9.17, 15) is 13.2 Å². The van der Waals surface area contributed by atoms with Crippen LogP contribution in [0.3, 0.4) is 0 Å². The van der Waals surface area contributed by atoms with Gasteiger partial charge in [-0.2, -0.15) is 4.31 Å². The first-order valence-corrected chi connectivity index (χ1v) is 12.8. The van der Waals surface area contributed by atoms with Crippen molar-refractivity contribution in [3.05, 3.63) is 65.2 Å². The van der Waals surface area contributed by atoms with Crippen molar-refractivity contribution in [2.75, 3.05) is 26.2 Å². The molecule has 2 saturated heterocycles. The van der Waals surface area contributed by atoms with E-state index in [2.05, 4.69) is 24.3 Å². The first kappa shape index (κ1) is 22.3. The normalized spacial score (nSPS) is 19.5. The van der Waals surface area contributed by atoms with E-state index in [1.807, 2.05) is 11.0 Å². The van der Waals surface area contributed by atoms with E-state index in [1.165, 1.54) is 22.0 Å². The second-order valence-electron chi connectivity index (χ2n) is 8.59. The average molecular weight is 461 g/mol. The van der Waals surface area contributed by atoms with Crippen LogP contribution in [0.5, 0.6) is 0 Å². The summed E-state index contributed by atoms with van der Waals surface area (Å²) in [4.78, 5) is 15.3. The van der Waals surface area contributed by atoms with Crippen LogP contribution in [-0.2, 0) is 21.2 Å². The number of piperidine rings is 2. The van der Waals surface area contributed by atoms with Crippen molar-refractivity contribution in [3.63, 3.8) is 0 Å². The summed E-state index contributed by atoms with van der Waals surface area (Å²) in [5, 5.41) is 0.510. The van der Waals surface area contributed by atoms with Gasteiger partial charge >= 0.3 is 0 Å². The molecular weight excluding hydrogens is 432 g/mol. The molecule has 166 valence electrons. The Bertz CT molecular complexity index is 979. The fourth-order valence-corrected chi connectivity index (χ4v) is 6.26. The Balaban J connectivity index is 1.27. The van der Waals surface area contributed by atoms with Crippen molar-refractivity contribution >= 4 is 27.5 Å². The Morgan fingerprint density at radius 3 is 2.10 bits per heavy atom. The lowest BCUT2D eigenvalue weighted by Crippen LogP contribution is -2.46. The zero-order valence-electron chi connectivity index (χ0n) is 17.6. The summed E-state index contributed by atoms with van der Waals surface area (Å²) in [5.74, 6) is 0.738. The highest BCUT2D eigenvalue weighted by molar-refractivity contribution is 7.89. The molecule has 4 rings (SSSR count). The van der Waals surface area contributed by atoms with Crippen molar-refractivity contribution in [1.82, 2.24) is 9.21 Å². The summed E-state index contributed by atoms with van der Waals surface area (Å²) in [6.45, 7) is 2.37. The number of carbonyl (C=O) groups is 1. The summed E-state index contributed by atoms with van der Waals surface area (Å²) in [6.07, 6.45) is 4.30. The third kappa shape index (κ3) is 5.30. The molecule has 0 saturated carbocycles. The van der Waals surface area contributed by atoms with Gasteiger partial charge in [0.2, 0.25) is 15.9 Å². The Labute approximate surface area is 190 Å². The van der Waals surface area contributed by atoms with E-state index in [4.69, 9.17) is 11.6 Å². The van der Waals surface area contributed by atoms with Crippen LogP contribution in [-0.4, -0.2) is 49.7 Å². The molecule has 0 radical (unpaired) electrons. The van der Waals surface area contributed by atoms with Gasteiger partial charge in [0, 0.05) is 37.1 Å². The molecule has 0 N–H and O–H groups in total. The van der Waals surface area contributed by atoms with Crippen molar-refractivity contribution in [2.45, 2.75) is 37.0 Å². The predicted octanol–water partition coefficient (Wildman–Crippen LogP) is 4.22. The number of carbonyl (C=O) groups excluding carboxylic acids is 1. The van der Waals surface area contributed by atoms with E-state index >= 15 is 0 Å². The summed E-state index contributed by atoms with van der Waals surface area (Å²) < 4.78 is 27.2. The second kappa shape index (κ2) is 9.72. The monoisotopic (exact) mass is 460 g/mol. The lowest BCUT2D eigenvalue weighted by Gasteiger charge is -2.37. The zero-order valence-corrected chi connectivity index (χ0v) is 19.2. The number of halogens is 1. The number of sulfonamides is 1. The molecule has 2 aromatic rings. The Kier molecular flexibility index (Phi) is 6.99. The van der Waals surface area contributed by atoms with Crippen LogP contribution in [0.15, 0.2) is 59.5 Å². The Hall–Kier alpha value is -1.89. The third-order valence-corrected chi connectivity index (χ3v) is 8.71. The zero-order chi connectivity index (χ0) is 21.8. The smallest absolute Gasteiger partial charge is 0.243 e. The van der Waals surface area contributed by atoms with E-state index < -0.39 is 10.0 Å². The SMILES string of the molecule is O=C(C1CCN(S(=O)(=O)c2ccc(Cl)cc2)CC1)N1CCC(Cc2ccccc2)CC1. The molecule has 0 atom stereocenters. The molecule has 1 amide bonds. The number of amides is 1. The molecular formula is C24H29ClN2O3S. The quantitative estimate of drug-likeness (QED) is 0.671. The van der Waals surface area contributed by atoms with Crippen molar-refractivity contribution < 1.29 is 13.2 Å². The Morgan fingerprint density at radius 2 is 1.48 bits per heavy atom. The summed E-state index contributed by atoms with van der Waals surface area (Å²) in [6, 6.07) is 16.8. The van der Waals surface area contributed by atoms with Crippen LogP contribution in [0.4, 0.5) is 0 Å². The average Bonchev–Trinajstić information content (AvgIpc) is 2.80. The molecule has 7 heteroatoms. The molecule has 5 nitrogen and oxygen atoms in total. The predicted molar refractivity (Wildman–Crippen MR) is 122 cm³/mol. The maximum absolute atomic E-state index is 13.0. The van der Waals surface area contributed by atoms with Gasteiger partial charge in [-0.25, -0.2) is 8.42 Å². The van der Waals surface area contributed by atoms with Gasteiger partial charge in [-0.15, -0.1) is 0 Å². The lowest BCUT2D eigenvalue weighted by atomic mass is 9.89. The third-order valence-electron chi connectivity index (χ3n) is 6.55.